The van der Waals surface area contributed by atoms with Crippen molar-refractivity contribution in [3.05, 3.63) is 23.2 Å². The van der Waals surface area contributed by atoms with Crippen molar-refractivity contribution in [1.29, 1.82) is 0 Å². The molecule has 0 saturated heterocycles. The topological polar surface area (TPSA) is 58.3 Å². The van der Waals surface area contributed by atoms with Crippen molar-refractivity contribution < 1.29 is 5.11 Å². The Hall–Kier alpha value is -0.930. The number of rotatable bonds is 3. The van der Waals surface area contributed by atoms with Gasteiger partial charge in [0, 0.05) is 12.2 Å². The quantitative estimate of drug-likeness (QED) is 0.582. The molecule has 4 heteroatoms. The Labute approximate surface area is 113 Å². The molecule has 0 unspecified atom stereocenters. The molecule has 1 aromatic rings. The zero-order valence-electron chi connectivity index (χ0n) is 10.6. The van der Waals surface area contributed by atoms with Crippen LogP contribution >= 0.6 is 11.6 Å². The maximum atomic E-state index is 10.5. The molecule has 2 rings (SSSR count). The maximum Gasteiger partial charge on any atom is 0.0819 e. The number of nitrogens with one attached hydrogen (secondary N) is 1. The van der Waals surface area contributed by atoms with E-state index in [-0.39, 0.29) is 0 Å². The van der Waals surface area contributed by atoms with Gasteiger partial charge in [-0.25, -0.2) is 0 Å². The second kappa shape index (κ2) is 5.81. The maximum absolute atomic E-state index is 10.5. The standard InChI is InChI=1S/C14H21ClN2O/c15-12-9-11(16)5-6-13(12)17-10-14(18)7-3-1-2-4-8-14/h5-6,9,17-18H,1-4,7-8,10,16H2. The summed E-state index contributed by atoms with van der Waals surface area (Å²) < 4.78 is 0. The molecule has 0 aromatic heterocycles. The van der Waals surface area contributed by atoms with Crippen LogP contribution in [0.15, 0.2) is 18.2 Å². The predicted molar refractivity (Wildman–Crippen MR) is 77.0 cm³/mol. The SMILES string of the molecule is Nc1ccc(NCC2(O)CCCCCC2)c(Cl)c1. The molecule has 1 aliphatic carbocycles. The number of anilines is 2. The second-order valence-corrected chi connectivity index (χ2v) is 5.64. The highest BCUT2D eigenvalue weighted by Gasteiger charge is 2.27. The smallest absolute Gasteiger partial charge is 0.0819 e. The highest BCUT2D eigenvalue weighted by molar-refractivity contribution is 6.33. The molecule has 3 nitrogen and oxygen atoms in total. The van der Waals surface area contributed by atoms with Crippen molar-refractivity contribution in [3.8, 4) is 0 Å². The van der Waals surface area contributed by atoms with E-state index >= 15 is 0 Å². The minimum atomic E-state index is -0.596. The summed E-state index contributed by atoms with van der Waals surface area (Å²) in [6, 6.07) is 5.39. The van der Waals surface area contributed by atoms with Crippen molar-refractivity contribution in [3.63, 3.8) is 0 Å². The number of halogens is 1. The lowest BCUT2D eigenvalue weighted by Gasteiger charge is -2.27. The summed E-state index contributed by atoms with van der Waals surface area (Å²) in [6.45, 7) is 0.552. The van der Waals surface area contributed by atoms with Crippen molar-refractivity contribution in [2.24, 2.45) is 0 Å². The minimum Gasteiger partial charge on any atom is -0.399 e. The summed E-state index contributed by atoms with van der Waals surface area (Å²) in [6.07, 6.45) is 6.40. The normalized spacial score (nSPS) is 19.2. The molecule has 0 heterocycles. The van der Waals surface area contributed by atoms with Crippen LogP contribution < -0.4 is 11.1 Å². The second-order valence-electron chi connectivity index (χ2n) is 5.23. The lowest BCUT2D eigenvalue weighted by atomic mass is 9.94. The Morgan fingerprint density at radius 3 is 2.50 bits per heavy atom. The molecular formula is C14H21ClN2O. The number of nitrogen functional groups attached to an aromatic ring is 1. The number of benzene rings is 1. The molecule has 0 aliphatic heterocycles. The van der Waals surface area contributed by atoms with Gasteiger partial charge in [-0.2, -0.15) is 0 Å². The van der Waals surface area contributed by atoms with Crippen LogP contribution in [-0.2, 0) is 0 Å². The van der Waals surface area contributed by atoms with E-state index in [0.717, 1.165) is 31.4 Å². The molecule has 0 atom stereocenters. The van der Waals surface area contributed by atoms with Crippen molar-refractivity contribution >= 4 is 23.0 Å². The molecule has 0 bridgehead atoms. The van der Waals surface area contributed by atoms with Gasteiger partial charge in [0.1, 0.15) is 0 Å². The van der Waals surface area contributed by atoms with E-state index in [0.29, 0.717) is 17.3 Å². The van der Waals surface area contributed by atoms with Gasteiger partial charge in [0.25, 0.3) is 0 Å². The predicted octanol–water partition coefficient (Wildman–Crippen LogP) is 3.42. The average molecular weight is 269 g/mol. The number of aliphatic hydroxyl groups is 1. The largest absolute Gasteiger partial charge is 0.399 e. The number of hydrogen-bond donors (Lipinski definition) is 3. The van der Waals surface area contributed by atoms with Gasteiger partial charge in [0.05, 0.1) is 16.3 Å². The van der Waals surface area contributed by atoms with Crippen LogP contribution in [0.25, 0.3) is 0 Å². The lowest BCUT2D eigenvalue weighted by molar-refractivity contribution is 0.0381. The van der Waals surface area contributed by atoms with Crippen LogP contribution in [0.1, 0.15) is 38.5 Å². The highest BCUT2D eigenvalue weighted by atomic mass is 35.5. The van der Waals surface area contributed by atoms with E-state index in [1.54, 1.807) is 6.07 Å². The lowest BCUT2D eigenvalue weighted by Crippen LogP contribution is -2.36. The molecule has 4 N–H and O–H groups in total. The summed E-state index contributed by atoms with van der Waals surface area (Å²) in [5, 5.41) is 14.4. The summed E-state index contributed by atoms with van der Waals surface area (Å²) in [7, 11) is 0. The first-order valence-electron chi connectivity index (χ1n) is 6.60. The molecule has 100 valence electrons. The van der Waals surface area contributed by atoms with Crippen LogP contribution in [0.5, 0.6) is 0 Å². The number of nitrogens with two attached hydrogens (primary N) is 1. The highest BCUT2D eigenvalue weighted by Crippen LogP contribution is 2.29. The summed E-state index contributed by atoms with van der Waals surface area (Å²) in [5.74, 6) is 0. The van der Waals surface area contributed by atoms with E-state index in [9.17, 15) is 5.11 Å². The van der Waals surface area contributed by atoms with Gasteiger partial charge in [-0.3, -0.25) is 0 Å². The van der Waals surface area contributed by atoms with Crippen molar-refractivity contribution in [1.82, 2.24) is 0 Å². The zero-order valence-corrected chi connectivity index (χ0v) is 11.3. The Kier molecular flexibility index (Phi) is 4.36. The Morgan fingerprint density at radius 1 is 1.22 bits per heavy atom. The van der Waals surface area contributed by atoms with Crippen LogP contribution in [0.4, 0.5) is 11.4 Å². The van der Waals surface area contributed by atoms with E-state index in [1.807, 2.05) is 12.1 Å². The van der Waals surface area contributed by atoms with Crippen molar-refractivity contribution in [2.75, 3.05) is 17.6 Å². The molecule has 1 aliphatic rings. The first-order chi connectivity index (χ1) is 8.59. The summed E-state index contributed by atoms with van der Waals surface area (Å²) in [4.78, 5) is 0. The van der Waals surface area contributed by atoms with Gasteiger partial charge >= 0.3 is 0 Å². The van der Waals surface area contributed by atoms with Gasteiger partial charge in [-0.15, -0.1) is 0 Å². The average Bonchev–Trinajstić information content (AvgIpc) is 2.54. The van der Waals surface area contributed by atoms with Crippen molar-refractivity contribution in [2.45, 2.75) is 44.1 Å². The number of hydrogen-bond acceptors (Lipinski definition) is 3. The van der Waals surface area contributed by atoms with E-state index in [4.69, 9.17) is 17.3 Å². The molecule has 0 spiro atoms. The van der Waals surface area contributed by atoms with Crippen LogP contribution in [-0.4, -0.2) is 17.3 Å². The van der Waals surface area contributed by atoms with Crippen LogP contribution in [0.3, 0.4) is 0 Å². The summed E-state index contributed by atoms with van der Waals surface area (Å²) in [5.41, 5.74) is 6.54. The van der Waals surface area contributed by atoms with Crippen LogP contribution in [0.2, 0.25) is 5.02 Å². The van der Waals surface area contributed by atoms with E-state index < -0.39 is 5.60 Å². The Morgan fingerprint density at radius 2 is 1.89 bits per heavy atom. The fourth-order valence-corrected chi connectivity index (χ4v) is 2.75. The monoisotopic (exact) mass is 268 g/mol. The van der Waals surface area contributed by atoms with Gasteiger partial charge in [-0.05, 0) is 31.0 Å². The molecule has 0 amide bonds. The van der Waals surface area contributed by atoms with Crippen LogP contribution in [0, 0.1) is 0 Å². The third-order valence-corrected chi connectivity index (χ3v) is 3.95. The van der Waals surface area contributed by atoms with Gasteiger partial charge in [0.2, 0.25) is 0 Å². The zero-order chi connectivity index (χ0) is 13.0. The molecule has 0 radical (unpaired) electrons. The molecule has 1 fully saturated rings. The third kappa shape index (κ3) is 3.53. The third-order valence-electron chi connectivity index (χ3n) is 3.64. The van der Waals surface area contributed by atoms with Gasteiger partial charge in [-0.1, -0.05) is 37.3 Å². The molecule has 18 heavy (non-hydrogen) atoms. The molecular weight excluding hydrogens is 248 g/mol. The minimum absolute atomic E-state index is 0.552. The van der Waals surface area contributed by atoms with Gasteiger partial charge in [0.15, 0.2) is 0 Å². The van der Waals surface area contributed by atoms with E-state index in [2.05, 4.69) is 5.32 Å². The fraction of sp³-hybridized carbons (Fsp3) is 0.571. The first kappa shape index (κ1) is 13.5. The molecule has 1 saturated carbocycles. The Balaban J connectivity index is 1.97. The van der Waals surface area contributed by atoms with Gasteiger partial charge < -0.3 is 16.2 Å². The van der Waals surface area contributed by atoms with E-state index in [1.165, 1.54) is 12.8 Å². The Bertz CT molecular complexity index is 401. The molecule has 1 aromatic carbocycles. The fourth-order valence-electron chi connectivity index (χ4n) is 2.50. The first-order valence-corrected chi connectivity index (χ1v) is 6.98. The summed E-state index contributed by atoms with van der Waals surface area (Å²) >= 11 is 6.10.